The van der Waals surface area contributed by atoms with Crippen molar-refractivity contribution in [3.63, 3.8) is 0 Å². The van der Waals surface area contributed by atoms with Gasteiger partial charge in [0, 0.05) is 97.4 Å². The van der Waals surface area contributed by atoms with E-state index in [0.717, 1.165) is 22.4 Å². The number of carbonyl (C=O) groups excluding carboxylic acids is 6. The summed E-state index contributed by atoms with van der Waals surface area (Å²) in [5.74, 6) is -2.42. The van der Waals surface area contributed by atoms with Gasteiger partial charge in [0.25, 0.3) is 35.2 Å². The van der Waals surface area contributed by atoms with Crippen molar-refractivity contribution in [2.45, 2.75) is 33.4 Å². The minimum atomic E-state index is -0.578. The fraction of sp³-hybridized carbons (Fsp3) is 0.200. The monoisotopic (exact) mass is 920 g/mol. The first-order chi connectivity index (χ1) is 33.1. The van der Waals surface area contributed by atoms with E-state index in [9.17, 15) is 28.8 Å². The quantitative estimate of drug-likeness (QED) is 0.113. The predicted octanol–water partition coefficient (Wildman–Crippen LogP) is 8.21. The maximum absolute atomic E-state index is 13.4. The average Bonchev–Trinajstić information content (AvgIpc) is 4.03. The summed E-state index contributed by atoms with van der Waals surface area (Å²) >= 11 is 0. The molecule has 0 spiro atoms. The van der Waals surface area contributed by atoms with Crippen LogP contribution in [0.25, 0.3) is 44.5 Å². The number of carbonyl (C=O) groups is 6. The van der Waals surface area contributed by atoms with Gasteiger partial charge < -0.3 is 29.6 Å². The molecule has 2 aliphatic heterocycles. The fourth-order valence-electron chi connectivity index (χ4n) is 8.96. The second-order valence-corrected chi connectivity index (χ2v) is 16.9. The molecule has 4 aromatic heterocycles. The third-order valence-electron chi connectivity index (χ3n) is 12.5. The molecule has 2 fully saturated rings. The Kier molecular flexibility index (Phi) is 14.0. The highest BCUT2D eigenvalue weighted by molar-refractivity contribution is 6.45. The van der Waals surface area contributed by atoms with Crippen molar-refractivity contribution < 1.29 is 28.8 Å². The largest absolute Gasteiger partial charge is 0.345 e. The molecule has 14 heteroatoms. The summed E-state index contributed by atoms with van der Waals surface area (Å²) in [6.45, 7) is 5.84. The number of piperazine rings is 2. The lowest BCUT2D eigenvalue weighted by Crippen LogP contribution is -2.56. The van der Waals surface area contributed by atoms with E-state index in [2.05, 4.69) is 19.9 Å². The van der Waals surface area contributed by atoms with Crippen molar-refractivity contribution in [2.75, 3.05) is 39.3 Å². The lowest BCUT2D eigenvalue weighted by atomic mass is 9.99. The highest BCUT2D eigenvalue weighted by atomic mass is 16.2. The Morgan fingerprint density at radius 1 is 0.522 bits per heavy atom. The minimum Gasteiger partial charge on any atom is -0.345 e. The molecule has 0 saturated carbocycles. The standard InChI is InChI=1S/2C27H24N4O3.CH4/c1-18-17-30(26(33)20-10-6-3-7-11-20)14-15-31(18)27(34)24(32)22-16-28-25-21(22)12-13-23(29-25)19-8-4-2-5-9-19;1-18-17-30(26(33)20-10-6-3-7-11-20)14-15-31(18)27(34)24(32)22-16-29-25-23(22)21(12-13-28-25)19-8-4-2-5-9-19;/h2*2-13,16,18H,14-15,17H2,1H3,(H,28,29);1H4/t2*18-;/m11./s1. The first-order valence-corrected chi connectivity index (χ1v) is 22.5. The summed E-state index contributed by atoms with van der Waals surface area (Å²) in [7, 11) is 0. The van der Waals surface area contributed by atoms with E-state index in [0.29, 0.717) is 83.6 Å². The van der Waals surface area contributed by atoms with E-state index >= 15 is 0 Å². The highest BCUT2D eigenvalue weighted by Gasteiger charge is 2.36. The SMILES string of the molecule is C.C[C@@H]1CN(C(=O)c2ccccc2)CCN1C(=O)C(=O)c1c[nH]c2nc(-c3ccccc3)ccc12.C[C@@H]1CN(C(=O)c2ccccc2)CCN1C(=O)C(=O)c1c[nH]c2nccc(-c3ccccc3)c12. The molecule has 0 radical (unpaired) electrons. The van der Waals surface area contributed by atoms with Crippen LogP contribution in [0.5, 0.6) is 0 Å². The molecule has 69 heavy (non-hydrogen) atoms. The first kappa shape index (κ1) is 47.0. The van der Waals surface area contributed by atoms with Crippen LogP contribution < -0.4 is 0 Å². The van der Waals surface area contributed by atoms with Crippen LogP contribution >= 0.6 is 0 Å². The summed E-state index contributed by atoms with van der Waals surface area (Å²) in [5, 5.41) is 1.25. The van der Waals surface area contributed by atoms with E-state index < -0.39 is 23.4 Å². The number of pyridine rings is 2. The number of nitrogens with zero attached hydrogens (tertiary/aromatic N) is 6. The number of hydrogen-bond acceptors (Lipinski definition) is 8. The summed E-state index contributed by atoms with van der Waals surface area (Å²) in [4.78, 5) is 100. The van der Waals surface area contributed by atoms with Crippen molar-refractivity contribution in [3.05, 3.63) is 180 Å². The first-order valence-electron chi connectivity index (χ1n) is 22.5. The number of aromatic nitrogens is 4. The van der Waals surface area contributed by atoms with Gasteiger partial charge in [0.2, 0.25) is 0 Å². The van der Waals surface area contributed by atoms with Crippen LogP contribution in [0.4, 0.5) is 0 Å². The summed E-state index contributed by atoms with van der Waals surface area (Å²) in [6.07, 6.45) is 4.79. The zero-order chi connectivity index (χ0) is 47.3. The molecule has 2 N–H and O–H groups in total. The minimum absolute atomic E-state index is 0. The van der Waals surface area contributed by atoms with Gasteiger partial charge in [0.1, 0.15) is 11.3 Å². The summed E-state index contributed by atoms with van der Waals surface area (Å²) < 4.78 is 0. The normalized spacial score (nSPS) is 15.7. The lowest BCUT2D eigenvalue weighted by Gasteiger charge is -2.39. The molecular formula is C55H52N8O6. The van der Waals surface area contributed by atoms with E-state index in [4.69, 9.17) is 0 Å². The smallest absolute Gasteiger partial charge is 0.295 e. The Morgan fingerprint density at radius 3 is 1.51 bits per heavy atom. The summed E-state index contributed by atoms with van der Waals surface area (Å²) in [6, 6.07) is 42.6. The number of hydrogen-bond donors (Lipinski definition) is 2. The van der Waals surface area contributed by atoms with Crippen LogP contribution in [0.3, 0.4) is 0 Å². The van der Waals surface area contributed by atoms with Crippen LogP contribution in [0, 0.1) is 0 Å². The van der Waals surface area contributed by atoms with Crippen LogP contribution in [0.15, 0.2) is 158 Å². The highest BCUT2D eigenvalue weighted by Crippen LogP contribution is 2.31. The van der Waals surface area contributed by atoms with Crippen molar-refractivity contribution >= 4 is 57.3 Å². The molecule has 4 amide bonds. The average molecular weight is 921 g/mol. The Labute approximate surface area is 399 Å². The molecule has 6 heterocycles. The van der Waals surface area contributed by atoms with Crippen molar-refractivity contribution in [1.29, 1.82) is 0 Å². The summed E-state index contributed by atoms with van der Waals surface area (Å²) in [5.41, 5.74) is 6.51. The number of Topliss-reactive ketones (excluding diaryl/α,β-unsaturated/α-hetero) is 2. The molecule has 348 valence electrons. The van der Waals surface area contributed by atoms with Gasteiger partial charge in [-0.1, -0.05) is 104 Å². The molecule has 2 atom stereocenters. The third kappa shape index (κ3) is 9.68. The van der Waals surface area contributed by atoms with Gasteiger partial charge in [0.15, 0.2) is 0 Å². The van der Waals surface area contributed by atoms with Crippen LogP contribution in [-0.2, 0) is 9.59 Å². The van der Waals surface area contributed by atoms with Crippen LogP contribution in [0.1, 0.15) is 62.7 Å². The van der Waals surface area contributed by atoms with Gasteiger partial charge in [0.05, 0.1) is 16.8 Å². The van der Waals surface area contributed by atoms with Gasteiger partial charge in [-0.25, -0.2) is 9.97 Å². The maximum Gasteiger partial charge on any atom is 0.295 e. The number of aromatic amines is 2. The van der Waals surface area contributed by atoms with Crippen molar-refractivity contribution in [1.82, 2.24) is 39.5 Å². The number of ketones is 2. The lowest BCUT2D eigenvalue weighted by molar-refractivity contribution is -0.130. The molecule has 14 nitrogen and oxygen atoms in total. The number of benzene rings is 4. The molecule has 0 unspecified atom stereocenters. The molecule has 0 bridgehead atoms. The van der Waals surface area contributed by atoms with Crippen LogP contribution in [0.2, 0.25) is 0 Å². The number of rotatable bonds is 8. The van der Waals surface area contributed by atoms with Gasteiger partial charge in [-0.15, -0.1) is 0 Å². The maximum atomic E-state index is 13.4. The second-order valence-electron chi connectivity index (χ2n) is 16.9. The zero-order valence-corrected chi connectivity index (χ0v) is 37.5. The molecule has 8 aromatic rings. The number of amides is 4. The van der Waals surface area contributed by atoms with Crippen molar-refractivity contribution in [2.24, 2.45) is 0 Å². The van der Waals surface area contributed by atoms with E-state index in [1.165, 1.54) is 0 Å². The Morgan fingerprint density at radius 2 is 0.986 bits per heavy atom. The molecular weight excluding hydrogens is 869 g/mol. The second kappa shape index (κ2) is 20.6. The van der Waals surface area contributed by atoms with E-state index in [1.54, 1.807) is 62.5 Å². The van der Waals surface area contributed by atoms with Gasteiger partial charge >= 0.3 is 0 Å². The van der Waals surface area contributed by atoms with E-state index in [-0.39, 0.29) is 31.3 Å². The Balaban J connectivity index is 0.000000183. The number of H-pyrrole nitrogens is 2. The van der Waals surface area contributed by atoms with Crippen molar-refractivity contribution in [3.8, 4) is 22.4 Å². The van der Waals surface area contributed by atoms with Gasteiger partial charge in [-0.2, -0.15) is 0 Å². The molecule has 4 aromatic carbocycles. The Bertz CT molecular complexity index is 3150. The van der Waals surface area contributed by atoms with Gasteiger partial charge in [-0.3, -0.25) is 28.8 Å². The number of nitrogens with one attached hydrogen (secondary N) is 2. The topological polar surface area (TPSA) is 173 Å². The van der Waals surface area contributed by atoms with E-state index in [1.807, 2.05) is 129 Å². The Hall–Kier alpha value is -8.52. The molecule has 2 aliphatic rings. The fourth-order valence-corrected chi connectivity index (χ4v) is 8.96. The van der Waals surface area contributed by atoms with Crippen LogP contribution in [-0.4, -0.2) is 126 Å². The number of fused-ring (bicyclic) bond motifs is 2. The molecule has 0 aliphatic carbocycles. The van der Waals surface area contributed by atoms with Gasteiger partial charge in [-0.05, 0) is 67.4 Å². The third-order valence-corrected chi connectivity index (χ3v) is 12.5. The molecule has 2 saturated heterocycles. The zero-order valence-electron chi connectivity index (χ0n) is 37.5. The molecule has 10 rings (SSSR count). The predicted molar refractivity (Wildman–Crippen MR) is 265 cm³/mol.